The molecular formula is C19H16FN3O2S. The van der Waals surface area contributed by atoms with Crippen molar-refractivity contribution in [1.29, 1.82) is 0 Å². The minimum Gasteiger partial charge on any atom is -0.238 e. The van der Waals surface area contributed by atoms with Crippen LogP contribution < -0.4 is 0 Å². The van der Waals surface area contributed by atoms with Crippen molar-refractivity contribution in [2.24, 2.45) is 0 Å². The molecule has 0 amide bonds. The number of rotatable bonds is 4. The van der Waals surface area contributed by atoms with E-state index in [9.17, 15) is 12.8 Å². The van der Waals surface area contributed by atoms with Gasteiger partial charge in [-0.2, -0.15) is 5.10 Å². The molecule has 0 radical (unpaired) electrons. The molecule has 0 N–H and O–H groups in total. The fourth-order valence-electron chi connectivity index (χ4n) is 2.72. The van der Waals surface area contributed by atoms with E-state index in [0.717, 1.165) is 17.8 Å². The molecule has 0 aliphatic rings. The third kappa shape index (κ3) is 3.37. The largest absolute Gasteiger partial charge is 0.238 e. The van der Waals surface area contributed by atoms with Crippen molar-refractivity contribution >= 4 is 15.5 Å². The highest BCUT2D eigenvalue weighted by atomic mass is 32.2. The lowest BCUT2D eigenvalue weighted by Gasteiger charge is -2.07. The van der Waals surface area contributed by atoms with Gasteiger partial charge in [0.25, 0.3) is 0 Å². The van der Waals surface area contributed by atoms with E-state index in [-0.39, 0.29) is 10.6 Å². The molecule has 0 saturated carbocycles. The Kier molecular flexibility index (Phi) is 4.62. The first-order chi connectivity index (χ1) is 12.3. The van der Waals surface area contributed by atoms with Gasteiger partial charge in [0.2, 0.25) is 0 Å². The molecule has 0 fully saturated rings. The minimum atomic E-state index is -3.61. The molecule has 0 bridgehead atoms. The van der Waals surface area contributed by atoms with Crippen molar-refractivity contribution in [2.45, 2.75) is 24.5 Å². The Bertz CT molecular complexity index is 1090. The van der Waals surface area contributed by atoms with E-state index >= 15 is 0 Å². The zero-order valence-corrected chi connectivity index (χ0v) is 15.1. The van der Waals surface area contributed by atoms with Gasteiger partial charge in [-0.15, -0.1) is 0 Å². The van der Waals surface area contributed by atoms with E-state index in [1.807, 2.05) is 0 Å². The molecule has 0 saturated heterocycles. The molecule has 132 valence electrons. The number of hydrogen-bond donors (Lipinski definition) is 0. The summed E-state index contributed by atoms with van der Waals surface area (Å²) in [6.45, 7) is 10.6. The van der Waals surface area contributed by atoms with Gasteiger partial charge >= 0.3 is 0 Å². The normalized spacial score (nSPS) is 11.3. The molecule has 5 nitrogen and oxygen atoms in total. The molecular weight excluding hydrogens is 353 g/mol. The smallest absolute Gasteiger partial charge is 0.187 e. The summed E-state index contributed by atoms with van der Waals surface area (Å²) in [6.07, 6.45) is 0. The van der Waals surface area contributed by atoms with Crippen LogP contribution in [0.15, 0.2) is 53.4 Å². The van der Waals surface area contributed by atoms with Gasteiger partial charge in [-0.1, -0.05) is 12.1 Å². The Morgan fingerprint density at radius 1 is 1.08 bits per heavy atom. The van der Waals surface area contributed by atoms with E-state index in [4.69, 9.17) is 6.57 Å². The second-order valence-electron chi connectivity index (χ2n) is 5.90. The van der Waals surface area contributed by atoms with Crippen molar-refractivity contribution in [1.82, 2.24) is 9.78 Å². The minimum absolute atomic E-state index is 0.0758. The van der Waals surface area contributed by atoms with Crippen LogP contribution >= 0.6 is 0 Å². The Labute approximate surface area is 151 Å². The van der Waals surface area contributed by atoms with Gasteiger partial charge in [-0.3, -0.25) is 0 Å². The first-order valence-corrected chi connectivity index (χ1v) is 9.48. The third-order valence-corrected chi connectivity index (χ3v) is 5.83. The number of benzene rings is 2. The van der Waals surface area contributed by atoms with Crippen LogP contribution in [0.5, 0.6) is 0 Å². The predicted octanol–water partition coefficient (Wildman–Crippen LogP) is 4.15. The topological polar surface area (TPSA) is 56.3 Å². The molecule has 1 aromatic heterocycles. The van der Waals surface area contributed by atoms with Crippen molar-refractivity contribution < 1.29 is 12.8 Å². The third-order valence-electron chi connectivity index (χ3n) is 4.17. The molecule has 3 aromatic rings. The second kappa shape index (κ2) is 6.73. The van der Waals surface area contributed by atoms with Gasteiger partial charge < -0.3 is 0 Å². The number of aromatic nitrogens is 2. The number of aryl methyl sites for hydroxylation is 1. The molecule has 7 heteroatoms. The van der Waals surface area contributed by atoms with Crippen LogP contribution in [0.3, 0.4) is 0 Å². The van der Waals surface area contributed by atoms with Crippen LogP contribution in [0.2, 0.25) is 0 Å². The fraction of sp³-hybridized carbons (Fsp3) is 0.158. The van der Waals surface area contributed by atoms with Gasteiger partial charge in [0, 0.05) is 11.3 Å². The highest BCUT2D eigenvalue weighted by Crippen LogP contribution is 2.24. The standard InChI is InChI=1S/C19H16FN3O2S/c1-13-19(12-26(24,25)18-10-4-15(20)5-11-18)14(2)23(22-13)17-8-6-16(21-3)7-9-17/h4-11H,12H2,1-2H3. The van der Waals surface area contributed by atoms with Crippen LogP contribution in [-0.2, 0) is 15.6 Å². The molecule has 0 unspecified atom stereocenters. The average molecular weight is 369 g/mol. The van der Waals surface area contributed by atoms with E-state index < -0.39 is 15.7 Å². The number of hydrogen-bond acceptors (Lipinski definition) is 3. The van der Waals surface area contributed by atoms with Gasteiger partial charge in [0.15, 0.2) is 15.5 Å². The van der Waals surface area contributed by atoms with Gasteiger partial charge in [0.05, 0.1) is 28.6 Å². The monoisotopic (exact) mass is 369 g/mol. The Morgan fingerprint density at radius 2 is 1.69 bits per heavy atom. The lowest BCUT2D eigenvalue weighted by Crippen LogP contribution is -2.07. The average Bonchev–Trinajstić information content (AvgIpc) is 2.90. The predicted molar refractivity (Wildman–Crippen MR) is 96.6 cm³/mol. The van der Waals surface area contributed by atoms with Gasteiger partial charge in [0.1, 0.15) is 5.82 Å². The molecule has 2 aromatic carbocycles. The molecule has 3 rings (SSSR count). The number of nitrogens with zero attached hydrogens (tertiary/aromatic N) is 3. The van der Waals surface area contributed by atoms with Crippen LogP contribution in [0.1, 0.15) is 17.0 Å². The van der Waals surface area contributed by atoms with E-state index in [1.165, 1.54) is 12.1 Å². The van der Waals surface area contributed by atoms with Crippen LogP contribution in [-0.4, -0.2) is 18.2 Å². The zero-order valence-electron chi connectivity index (χ0n) is 14.3. The Hall–Kier alpha value is -2.98. The summed E-state index contributed by atoms with van der Waals surface area (Å²) in [5, 5.41) is 4.44. The number of sulfone groups is 1. The number of halogens is 1. The van der Waals surface area contributed by atoms with Crippen LogP contribution in [0, 0.1) is 26.2 Å². The van der Waals surface area contributed by atoms with Crippen molar-refractivity contribution in [3.05, 3.63) is 82.7 Å². The quantitative estimate of drug-likeness (QED) is 0.513. The maximum Gasteiger partial charge on any atom is 0.187 e. The maximum absolute atomic E-state index is 13.0. The highest BCUT2D eigenvalue weighted by Gasteiger charge is 2.21. The highest BCUT2D eigenvalue weighted by molar-refractivity contribution is 7.90. The molecule has 0 aliphatic heterocycles. The molecule has 0 atom stereocenters. The van der Waals surface area contributed by atoms with Crippen molar-refractivity contribution in [3.63, 3.8) is 0 Å². The molecule has 26 heavy (non-hydrogen) atoms. The maximum atomic E-state index is 13.0. The Morgan fingerprint density at radius 3 is 2.27 bits per heavy atom. The lowest BCUT2D eigenvalue weighted by molar-refractivity contribution is 0.593. The molecule has 0 spiro atoms. The summed E-state index contributed by atoms with van der Waals surface area (Å²) in [4.78, 5) is 3.43. The zero-order chi connectivity index (χ0) is 18.9. The fourth-order valence-corrected chi connectivity index (χ4v) is 4.23. The van der Waals surface area contributed by atoms with Gasteiger partial charge in [-0.05, 0) is 50.2 Å². The van der Waals surface area contributed by atoms with Crippen molar-refractivity contribution in [3.8, 4) is 5.69 Å². The Balaban J connectivity index is 1.97. The van der Waals surface area contributed by atoms with E-state index in [1.54, 1.807) is 42.8 Å². The SMILES string of the molecule is [C-]#[N+]c1ccc(-n2nc(C)c(CS(=O)(=O)c3ccc(F)cc3)c2C)cc1. The van der Waals surface area contributed by atoms with Crippen LogP contribution in [0.4, 0.5) is 10.1 Å². The lowest BCUT2D eigenvalue weighted by atomic mass is 10.2. The summed E-state index contributed by atoms with van der Waals surface area (Å²) in [5.74, 6) is -0.692. The first-order valence-electron chi connectivity index (χ1n) is 7.83. The summed E-state index contributed by atoms with van der Waals surface area (Å²) in [7, 11) is -3.61. The molecule has 1 heterocycles. The summed E-state index contributed by atoms with van der Waals surface area (Å²) in [6, 6.07) is 11.7. The van der Waals surface area contributed by atoms with Gasteiger partial charge in [-0.25, -0.2) is 22.3 Å². The second-order valence-corrected chi connectivity index (χ2v) is 7.89. The van der Waals surface area contributed by atoms with Crippen LogP contribution in [0.25, 0.3) is 10.5 Å². The van der Waals surface area contributed by atoms with E-state index in [0.29, 0.717) is 22.6 Å². The summed E-state index contributed by atoms with van der Waals surface area (Å²) < 4.78 is 40.0. The molecule has 0 aliphatic carbocycles. The first kappa shape index (κ1) is 17.8. The van der Waals surface area contributed by atoms with Crippen molar-refractivity contribution in [2.75, 3.05) is 0 Å². The summed E-state index contributed by atoms with van der Waals surface area (Å²) in [5.41, 5.74) is 3.22. The van der Waals surface area contributed by atoms with E-state index in [2.05, 4.69) is 9.94 Å². The summed E-state index contributed by atoms with van der Waals surface area (Å²) >= 11 is 0.